The van der Waals surface area contributed by atoms with Crippen molar-refractivity contribution in [1.82, 2.24) is 0 Å². The first-order chi connectivity index (χ1) is 8.58. The number of aromatic nitrogens is 2. The molecule has 0 aliphatic carbocycles. The normalized spacial score (nSPS) is 12.1. The molecule has 4 heteroatoms. The lowest BCUT2D eigenvalue weighted by atomic mass is 10.1. The first kappa shape index (κ1) is 12.2. The third kappa shape index (κ3) is 2.53. The summed E-state index contributed by atoms with van der Waals surface area (Å²) in [6, 6.07) is 7.36. The monoisotopic (exact) mass is 244 g/mol. The van der Waals surface area contributed by atoms with E-state index in [2.05, 4.69) is 0 Å². The average Bonchev–Trinajstić information content (AvgIpc) is 2.39. The van der Waals surface area contributed by atoms with Crippen LogP contribution in [0.15, 0.2) is 49.1 Å². The highest BCUT2D eigenvalue weighted by atomic mass is 16.4. The van der Waals surface area contributed by atoms with Crippen molar-refractivity contribution in [2.45, 2.75) is 13.0 Å². The highest BCUT2D eigenvalue weighted by Gasteiger charge is 2.20. The fourth-order valence-corrected chi connectivity index (χ4v) is 1.71. The van der Waals surface area contributed by atoms with Crippen molar-refractivity contribution in [1.29, 1.82) is 0 Å². The molecule has 2 rings (SSSR count). The van der Waals surface area contributed by atoms with Gasteiger partial charge >= 0.3 is 5.97 Å². The molecule has 0 saturated heterocycles. The van der Waals surface area contributed by atoms with Gasteiger partial charge in [-0.1, -0.05) is 0 Å². The van der Waals surface area contributed by atoms with Crippen molar-refractivity contribution in [2.24, 2.45) is 7.05 Å². The van der Waals surface area contributed by atoms with E-state index in [1.54, 1.807) is 23.9 Å². The predicted octanol–water partition coefficient (Wildman–Crippen LogP) is 1.11. The van der Waals surface area contributed by atoms with E-state index in [-0.39, 0.29) is 0 Å². The molecule has 0 aliphatic rings. The van der Waals surface area contributed by atoms with Gasteiger partial charge in [0.25, 0.3) is 6.04 Å². The molecule has 0 aliphatic heterocycles. The Labute approximate surface area is 106 Å². The molecule has 0 spiro atoms. The van der Waals surface area contributed by atoms with Crippen molar-refractivity contribution >= 4 is 5.97 Å². The van der Waals surface area contributed by atoms with Crippen LogP contribution < -0.4 is 9.13 Å². The number of rotatable bonds is 3. The smallest absolute Gasteiger partial charge is 0.373 e. The van der Waals surface area contributed by atoms with Gasteiger partial charge in [-0.05, 0) is 11.1 Å². The molecule has 0 fully saturated rings. The van der Waals surface area contributed by atoms with E-state index >= 15 is 0 Å². The molecule has 18 heavy (non-hydrogen) atoms. The zero-order valence-electron chi connectivity index (χ0n) is 10.4. The van der Waals surface area contributed by atoms with Crippen molar-refractivity contribution in [3.63, 3.8) is 0 Å². The molecule has 2 heterocycles. The van der Waals surface area contributed by atoms with E-state index in [4.69, 9.17) is 5.11 Å². The van der Waals surface area contributed by atoms with Gasteiger partial charge in [0.2, 0.25) is 0 Å². The molecule has 0 amide bonds. The summed E-state index contributed by atoms with van der Waals surface area (Å²) in [5.41, 5.74) is 2.19. The highest BCUT2D eigenvalue weighted by Crippen LogP contribution is 2.15. The van der Waals surface area contributed by atoms with Gasteiger partial charge in [0, 0.05) is 31.2 Å². The minimum Gasteiger partial charge on any atom is -0.476 e. The summed E-state index contributed by atoms with van der Waals surface area (Å²) >= 11 is 0. The summed E-state index contributed by atoms with van der Waals surface area (Å²) in [6.45, 7) is 1.66. The summed E-state index contributed by atoms with van der Waals surface area (Å²) in [7, 11) is 1.97. The lowest BCUT2D eigenvalue weighted by molar-refractivity contribution is -0.707. The van der Waals surface area contributed by atoms with Crippen molar-refractivity contribution in [2.75, 3.05) is 0 Å². The molecule has 0 bridgehead atoms. The maximum Gasteiger partial charge on any atom is 0.373 e. The fourth-order valence-electron chi connectivity index (χ4n) is 1.71. The quantitative estimate of drug-likeness (QED) is 0.822. The number of hydrogen-bond acceptors (Lipinski definition) is 1. The number of carboxylic acids is 1. The number of aliphatic carboxylic acids is 1. The van der Waals surface area contributed by atoms with Gasteiger partial charge in [-0.25, -0.2) is 9.36 Å². The van der Waals surface area contributed by atoms with Crippen LogP contribution in [0, 0.1) is 0 Å². The van der Waals surface area contributed by atoms with Crippen molar-refractivity contribution in [3.05, 3.63) is 49.1 Å². The molecular weight excluding hydrogens is 228 g/mol. The van der Waals surface area contributed by atoms with Crippen LogP contribution in [-0.2, 0) is 11.8 Å². The average molecular weight is 244 g/mol. The number of hydrogen-bond donors (Lipinski definition) is 1. The maximum absolute atomic E-state index is 10.9. The van der Waals surface area contributed by atoms with Crippen LogP contribution in [0.1, 0.15) is 13.0 Å². The van der Waals surface area contributed by atoms with E-state index in [1.165, 1.54) is 0 Å². The van der Waals surface area contributed by atoms with Crippen LogP contribution >= 0.6 is 0 Å². The van der Waals surface area contributed by atoms with Gasteiger partial charge in [-0.2, -0.15) is 4.57 Å². The minimum absolute atomic E-state index is 0.548. The zero-order valence-corrected chi connectivity index (χ0v) is 10.4. The molecular formula is C14H16N2O2+2. The third-order valence-electron chi connectivity index (χ3n) is 2.97. The SMILES string of the molecule is CC(C(=O)O)[n+]1ccc(-c2cc[n+](C)cc2)cc1. The van der Waals surface area contributed by atoms with Crippen molar-refractivity contribution in [3.8, 4) is 11.1 Å². The lowest BCUT2D eigenvalue weighted by Gasteiger charge is -2.03. The molecule has 4 nitrogen and oxygen atoms in total. The second-order valence-electron chi connectivity index (χ2n) is 4.30. The first-order valence-electron chi connectivity index (χ1n) is 5.77. The minimum atomic E-state index is -0.834. The number of carboxylic acid groups (broad SMARTS) is 1. The van der Waals surface area contributed by atoms with Crippen LogP contribution in [0.25, 0.3) is 11.1 Å². The van der Waals surface area contributed by atoms with E-state index in [9.17, 15) is 4.79 Å². The molecule has 1 unspecified atom stereocenters. The number of nitrogens with zero attached hydrogens (tertiary/aromatic N) is 2. The number of pyridine rings is 2. The summed E-state index contributed by atoms with van der Waals surface area (Å²) in [6.07, 6.45) is 7.55. The number of aryl methyl sites for hydroxylation is 1. The highest BCUT2D eigenvalue weighted by molar-refractivity contribution is 5.69. The molecule has 2 aromatic heterocycles. The summed E-state index contributed by atoms with van der Waals surface area (Å²) in [4.78, 5) is 10.9. The van der Waals surface area contributed by atoms with Crippen LogP contribution in [-0.4, -0.2) is 11.1 Å². The molecule has 2 aromatic rings. The van der Waals surface area contributed by atoms with Crippen LogP contribution in [0.5, 0.6) is 0 Å². The standard InChI is InChI=1S/C14H15N2O2/c1-11(14(17)18)16-9-5-13(6-10-16)12-3-7-15(2)8-4-12/h3-11H,1-2H3/q+1/p+1. The Morgan fingerprint density at radius 2 is 1.50 bits per heavy atom. The lowest BCUT2D eigenvalue weighted by Crippen LogP contribution is -2.41. The number of carbonyl (C=O) groups is 1. The van der Waals surface area contributed by atoms with Gasteiger partial charge in [0.1, 0.15) is 7.05 Å². The van der Waals surface area contributed by atoms with Gasteiger partial charge in [-0.15, -0.1) is 0 Å². The second-order valence-corrected chi connectivity index (χ2v) is 4.30. The maximum atomic E-state index is 10.9. The Bertz CT molecular complexity index is 547. The Hall–Kier alpha value is -2.23. The van der Waals surface area contributed by atoms with Gasteiger partial charge in [0.15, 0.2) is 24.8 Å². The Kier molecular flexibility index (Phi) is 3.37. The fraction of sp³-hybridized carbons (Fsp3) is 0.214. The van der Waals surface area contributed by atoms with E-state index in [1.807, 2.05) is 48.3 Å². The predicted molar refractivity (Wildman–Crippen MR) is 65.6 cm³/mol. The van der Waals surface area contributed by atoms with Crippen molar-refractivity contribution < 1.29 is 19.0 Å². The van der Waals surface area contributed by atoms with Crippen LogP contribution in [0.3, 0.4) is 0 Å². The zero-order chi connectivity index (χ0) is 13.1. The summed E-state index contributed by atoms with van der Waals surface area (Å²) in [5.74, 6) is -0.834. The van der Waals surface area contributed by atoms with E-state index < -0.39 is 12.0 Å². The van der Waals surface area contributed by atoms with Gasteiger partial charge < -0.3 is 5.11 Å². The third-order valence-corrected chi connectivity index (χ3v) is 2.97. The van der Waals surface area contributed by atoms with E-state index in [0.717, 1.165) is 11.1 Å². The first-order valence-corrected chi connectivity index (χ1v) is 5.77. The van der Waals surface area contributed by atoms with Crippen LogP contribution in [0.2, 0.25) is 0 Å². The summed E-state index contributed by atoms with van der Waals surface area (Å²) < 4.78 is 3.65. The topological polar surface area (TPSA) is 45.1 Å². The van der Waals surface area contributed by atoms with E-state index in [0.29, 0.717) is 0 Å². The van der Waals surface area contributed by atoms with Gasteiger partial charge in [-0.3, -0.25) is 0 Å². The molecule has 0 aromatic carbocycles. The molecule has 92 valence electrons. The molecule has 0 radical (unpaired) electrons. The molecule has 1 atom stereocenters. The Morgan fingerprint density at radius 1 is 1.06 bits per heavy atom. The molecule has 1 N–H and O–H groups in total. The van der Waals surface area contributed by atoms with Gasteiger partial charge in [0.05, 0.1) is 0 Å². The largest absolute Gasteiger partial charge is 0.476 e. The Balaban J connectivity index is 2.27. The molecule has 0 saturated carbocycles. The Morgan fingerprint density at radius 3 is 1.94 bits per heavy atom. The van der Waals surface area contributed by atoms with Crippen LogP contribution in [0.4, 0.5) is 0 Å². The second kappa shape index (κ2) is 4.96. The summed E-state index contributed by atoms with van der Waals surface area (Å²) in [5, 5.41) is 8.93.